The summed E-state index contributed by atoms with van der Waals surface area (Å²) >= 11 is 0. The van der Waals surface area contributed by atoms with Crippen LogP contribution in [0.2, 0.25) is 0 Å². The maximum absolute atomic E-state index is 12.1. The van der Waals surface area contributed by atoms with Gasteiger partial charge in [-0.05, 0) is 35.7 Å². The van der Waals surface area contributed by atoms with Gasteiger partial charge in [-0.2, -0.15) is 5.10 Å². The van der Waals surface area contributed by atoms with Crippen LogP contribution in [0, 0.1) is 0 Å². The van der Waals surface area contributed by atoms with Gasteiger partial charge < -0.3 is 0 Å². The number of aliphatic imine (C=N–C) groups is 1. The van der Waals surface area contributed by atoms with Gasteiger partial charge in [-0.25, -0.2) is 4.99 Å². The van der Waals surface area contributed by atoms with Crippen LogP contribution >= 0.6 is 0 Å². The fraction of sp³-hybridized carbons (Fsp3) is 0.167. The number of hydrogen-bond acceptors (Lipinski definition) is 4. The van der Waals surface area contributed by atoms with E-state index in [2.05, 4.69) is 41.5 Å². The van der Waals surface area contributed by atoms with Crippen LogP contribution in [-0.2, 0) is 0 Å². The average Bonchev–Trinajstić information content (AvgIpc) is 2.85. The lowest BCUT2D eigenvalue weighted by Gasteiger charge is -2.06. The third kappa shape index (κ3) is 2.81. The molecule has 1 aliphatic heterocycles. The molecule has 4 nitrogen and oxygen atoms in total. The van der Waals surface area contributed by atoms with Crippen molar-refractivity contribution in [2.24, 2.45) is 10.1 Å². The number of hydrazone groups is 1. The number of hydrogen-bond donors (Lipinski definition) is 1. The highest BCUT2D eigenvalue weighted by molar-refractivity contribution is 6.67. The molecule has 3 rings (SSSR count). The molecule has 22 heavy (non-hydrogen) atoms. The molecule has 0 aliphatic carbocycles. The predicted molar refractivity (Wildman–Crippen MR) is 90.5 cm³/mol. The molecule has 0 amide bonds. The van der Waals surface area contributed by atoms with Crippen molar-refractivity contribution in [1.29, 1.82) is 0 Å². The molecular formula is C18H17N3O. The van der Waals surface area contributed by atoms with E-state index in [0.29, 0.717) is 22.9 Å². The topological polar surface area (TPSA) is 53.8 Å². The van der Waals surface area contributed by atoms with Gasteiger partial charge in [0, 0.05) is 5.56 Å². The fourth-order valence-corrected chi connectivity index (χ4v) is 2.28. The lowest BCUT2D eigenvalue weighted by Crippen LogP contribution is -2.11. The lowest BCUT2D eigenvalue weighted by molar-refractivity contribution is 0.107. The highest BCUT2D eigenvalue weighted by atomic mass is 16.1. The second kappa shape index (κ2) is 5.93. The van der Waals surface area contributed by atoms with Gasteiger partial charge in [0.15, 0.2) is 0 Å². The lowest BCUT2D eigenvalue weighted by atomic mass is 10.0. The smallest absolute Gasteiger partial charge is 0.215 e. The summed E-state index contributed by atoms with van der Waals surface area (Å²) in [6, 6.07) is 15.4. The van der Waals surface area contributed by atoms with Gasteiger partial charge in [-0.15, -0.1) is 0 Å². The minimum Gasteiger partial charge on any atom is -0.287 e. The number of anilines is 1. The Morgan fingerprint density at radius 2 is 1.82 bits per heavy atom. The number of nitrogens with one attached hydrogen (secondary N) is 1. The minimum atomic E-state index is -0.0868. The molecule has 2 aromatic rings. The van der Waals surface area contributed by atoms with E-state index < -0.39 is 0 Å². The molecule has 0 atom stereocenters. The van der Waals surface area contributed by atoms with E-state index in [4.69, 9.17) is 0 Å². The summed E-state index contributed by atoms with van der Waals surface area (Å²) in [6.07, 6.45) is 1.47. The van der Waals surface area contributed by atoms with Crippen molar-refractivity contribution in [2.45, 2.75) is 19.8 Å². The van der Waals surface area contributed by atoms with E-state index in [1.54, 1.807) is 6.07 Å². The molecule has 1 aliphatic rings. The summed E-state index contributed by atoms with van der Waals surface area (Å²) in [6.45, 7) is 4.31. The first-order chi connectivity index (χ1) is 10.6. The Hall–Kier alpha value is -2.75. The fourth-order valence-electron chi connectivity index (χ4n) is 2.28. The van der Waals surface area contributed by atoms with E-state index in [1.165, 1.54) is 11.8 Å². The summed E-state index contributed by atoms with van der Waals surface area (Å²) in [5.41, 5.74) is 6.77. The number of ketones is 1. The third-order valence-electron chi connectivity index (χ3n) is 3.58. The van der Waals surface area contributed by atoms with Crippen molar-refractivity contribution in [1.82, 2.24) is 0 Å². The molecule has 0 radical (unpaired) electrons. The SMILES string of the molecule is CC(C)c1ccc(NN=CC2=Nc3ccccc3C2=O)cc1. The second-order valence-corrected chi connectivity index (χ2v) is 5.49. The number of fused-ring (bicyclic) bond motifs is 1. The molecular weight excluding hydrogens is 274 g/mol. The second-order valence-electron chi connectivity index (χ2n) is 5.49. The van der Waals surface area contributed by atoms with Crippen LogP contribution in [0.25, 0.3) is 0 Å². The molecule has 0 spiro atoms. The number of Topliss-reactive ketones (excluding diaryl/α,β-unsaturated/α-hetero) is 1. The zero-order valence-electron chi connectivity index (χ0n) is 12.6. The molecule has 1 N–H and O–H groups in total. The summed E-state index contributed by atoms with van der Waals surface area (Å²) in [4.78, 5) is 16.4. The van der Waals surface area contributed by atoms with Crippen LogP contribution in [0.3, 0.4) is 0 Å². The molecule has 4 heteroatoms. The Kier molecular flexibility index (Phi) is 3.83. The Morgan fingerprint density at radius 1 is 1.09 bits per heavy atom. The predicted octanol–water partition coefficient (Wildman–Crippen LogP) is 4.18. The van der Waals surface area contributed by atoms with Gasteiger partial charge in [0.1, 0.15) is 5.71 Å². The Morgan fingerprint density at radius 3 is 2.50 bits per heavy atom. The Balaban J connectivity index is 1.67. The Bertz CT molecular complexity index is 758. The first kappa shape index (κ1) is 14.2. The van der Waals surface area contributed by atoms with Crippen LogP contribution in [0.4, 0.5) is 11.4 Å². The number of nitrogens with zero attached hydrogens (tertiary/aromatic N) is 2. The summed E-state index contributed by atoms with van der Waals surface area (Å²) in [5, 5.41) is 4.10. The van der Waals surface area contributed by atoms with Crippen LogP contribution < -0.4 is 5.43 Å². The first-order valence-electron chi connectivity index (χ1n) is 7.26. The Labute approximate surface area is 129 Å². The molecule has 1 heterocycles. The van der Waals surface area contributed by atoms with E-state index in [9.17, 15) is 4.79 Å². The zero-order chi connectivity index (χ0) is 15.5. The van der Waals surface area contributed by atoms with Gasteiger partial charge >= 0.3 is 0 Å². The molecule has 0 unspecified atom stereocenters. The number of carbonyl (C=O) groups excluding carboxylic acids is 1. The molecule has 0 aromatic heterocycles. The van der Waals surface area contributed by atoms with Crippen molar-refractivity contribution in [2.75, 3.05) is 5.43 Å². The van der Waals surface area contributed by atoms with Gasteiger partial charge in [0.05, 0.1) is 17.6 Å². The molecule has 0 saturated heterocycles. The molecule has 0 saturated carbocycles. The van der Waals surface area contributed by atoms with Crippen molar-refractivity contribution in [3.05, 3.63) is 59.7 Å². The van der Waals surface area contributed by atoms with E-state index in [0.717, 1.165) is 5.69 Å². The third-order valence-corrected chi connectivity index (χ3v) is 3.58. The van der Waals surface area contributed by atoms with Gasteiger partial charge in [0.25, 0.3) is 0 Å². The molecule has 2 aromatic carbocycles. The molecule has 0 bridgehead atoms. The van der Waals surface area contributed by atoms with Crippen molar-refractivity contribution in [3.8, 4) is 0 Å². The quantitative estimate of drug-likeness (QED) is 0.678. The zero-order valence-corrected chi connectivity index (χ0v) is 12.6. The average molecular weight is 291 g/mol. The standard InChI is InChI=1S/C18H17N3O/c1-12(2)13-7-9-14(10-8-13)21-19-11-17-18(22)15-5-3-4-6-16(15)20-17/h3-12,21H,1-2H3. The van der Waals surface area contributed by atoms with Gasteiger partial charge in [-0.3, -0.25) is 10.2 Å². The monoisotopic (exact) mass is 291 g/mol. The summed E-state index contributed by atoms with van der Waals surface area (Å²) in [7, 11) is 0. The number of benzene rings is 2. The van der Waals surface area contributed by atoms with Crippen molar-refractivity contribution >= 4 is 29.1 Å². The first-order valence-corrected chi connectivity index (χ1v) is 7.26. The minimum absolute atomic E-state index is 0.0868. The molecule has 0 fully saturated rings. The van der Waals surface area contributed by atoms with Crippen LogP contribution in [0.1, 0.15) is 35.7 Å². The van der Waals surface area contributed by atoms with Crippen LogP contribution in [-0.4, -0.2) is 17.7 Å². The van der Waals surface area contributed by atoms with E-state index in [-0.39, 0.29) is 5.78 Å². The van der Waals surface area contributed by atoms with Crippen LogP contribution in [0.5, 0.6) is 0 Å². The van der Waals surface area contributed by atoms with E-state index >= 15 is 0 Å². The molecule has 110 valence electrons. The van der Waals surface area contributed by atoms with Gasteiger partial charge in [-0.1, -0.05) is 38.1 Å². The highest BCUT2D eigenvalue weighted by Gasteiger charge is 2.22. The number of rotatable bonds is 4. The van der Waals surface area contributed by atoms with Crippen LogP contribution in [0.15, 0.2) is 58.6 Å². The summed E-state index contributed by atoms with van der Waals surface area (Å²) in [5.74, 6) is 0.415. The number of para-hydroxylation sites is 1. The van der Waals surface area contributed by atoms with Crippen molar-refractivity contribution in [3.63, 3.8) is 0 Å². The number of carbonyl (C=O) groups is 1. The maximum Gasteiger partial charge on any atom is 0.215 e. The largest absolute Gasteiger partial charge is 0.287 e. The van der Waals surface area contributed by atoms with E-state index in [1.807, 2.05) is 30.3 Å². The highest BCUT2D eigenvalue weighted by Crippen LogP contribution is 2.25. The van der Waals surface area contributed by atoms with Crippen molar-refractivity contribution < 1.29 is 4.79 Å². The summed E-state index contributed by atoms with van der Waals surface area (Å²) < 4.78 is 0. The normalized spacial score (nSPS) is 13.6. The van der Waals surface area contributed by atoms with Gasteiger partial charge in [0.2, 0.25) is 5.78 Å². The maximum atomic E-state index is 12.1.